The average Bonchev–Trinajstić information content (AvgIpc) is 1.69. The van der Waals surface area contributed by atoms with Gasteiger partial charge in [0, 0.05) is 0 Å². The molecule has 0 spiro atoms. The normalized spacial score (nSPS) is 27.6. The topological polar surface area (TPSA) is 12.5 Å². The molecule has 0 saturated carbocycles. The van der Waals surface area contributed by atoms with Gasteiger partial charge in [-0.1, -0.05) is 0 Å². The molecule has 1 rings (SSSR count). The number of rotatable bonds is 0. The first-order valence-corrected chi connectivity index (χ1v) is 6.88. The van der Waals surface area contributed by atoms with Gasteiger partial charge in [-0.15, -0.1) is 0 Å². The van der Waals surface area contributed by atoms with E-state index in [9.17, 15) is 0 Å². The summed E-state index contributed by atoms with van der Waals surface area (Å²) in [6, 6.07) is 0. The minimum absolute atomic E-state index is 0.312. The van der Waals surface area contributed by atoms with Crippen molar-refractivity contribution in [2.75, 3.05) is 16.3 Å². The first kappa shape index (κ1) is 6.50. The Morgan fingerprint density at radius 3 is 2.29 bits per heavy atom. The van der Waals surface area contributed by atoms with E-state index in [1.807, 2.05) is 0 Å². The molecule has 0 aromatic rings. The average molecular weight is 327 g/mol. The van der Waals surface area contributed by atoms with Crippen molar-refractivity contribution in [2.24, 2.45) is 0 Å². The van der Waals surface area contributed by atoms with Gasteiger partial charge in [0.2, 0.25) is 0 Å². The molecule has 1 aliphatic rings. The summed E-state index contributed by atoms with van der Waals surface area (Å²) in [4.78, 5) is 0. The third kappa shape index (κ3) is 2.43. The molecule has 4 heteroatoms. The van der Waals surface area contributed by atoms with Crippen LogP contribution in [0.4, 0.5) is 0 Å². The first-order valence-electron chi connectivity index (χ1n) is 1.90. The molecule has 0 atom stereocenters. The zero-order valence-electron chi connectivity index (χ0n) is 4.03. The number of alkyl halides is 2. The number of hydrogen-bond acceptors (Lipinski definition) is 2. The number of ether oxygens (including phenoxy) is 1. The van der Waals surface area contributed by atoms with Crippen LogP contribution < -0.4 is 43.0 Å². The van der Waals surface area contributed by atoms with Gasteiger partial charge < -0.3 is 0 Å². The van der Waals surface area contributed by atoms with Crippen LogP contribution in [0, 0.1) is 0 Å². The molecule has 0 aliphatic carbocycles. The van der Waals surface area contributed by atoms with Crippen molar-refractivity contribution < 1.29 is 47.7 Å². The molecule has 0 aromatic heterocycles. The molecule has 2 nitrogen and oxygen atoms in total. The molecule has 1 heterocycles. The Balaban J connectivity index is 2.12. The fourth-order valence-corrected chi connectivity index (χ4v) is 5.53. The van der Waals surface area contributed by atoms with Crippen molar-refractivity contribution in [3.8, 4) is 0 Å². The van der Waals surface area contributed by atoms with Gasteiger partial charge in [0.1, 0.15) is 0 Å². The number of halogens is 2. The Hall–Kier alpha value is 1.38. The molecule has 7 heavy (non-hydrogen) atoms. The molecular weight excluding hydrogens is 320 g/mol. The monoisotopic (exact) mass is 327 g/mol. The molecule has 0 amide bonds. The molecular formula is C3H7I2NO-2. The van der Waals surface area contributed by atoms with E-state index >= 15 is 0 Å². The van der Waals surface area contributed by atoms with Crippen LogP contribution in [0.3, 0.4) is 0 Å². The van der Waals surface area contributed by atoms with Crippen molar-refractivity contribution in [3.63, 3.8) is 0 Å². The number of hydrogen-bond donors (Lipinski definition) is 0. The van der Waals surface area contributed by atoms with Crippen LogP contribution in [-0.4, -0.2) is 17.6 Å². The molecule has 0 bridgehead atoms. The van der Waals surface area contributed by atoms with Gasteiger partial charge in [0.15, 0.2) is 0 Å². The van der Waals surface area contributed by atoms with E-state index in [1.165, 1.54) is 0 Å². The molecule has 1 saturated heterocycles. The van der Waals surface area contributed by atoms with E-state index in [4.69, 9.17) is 4.74 Å². The molecule has 0 radical (unpaired) electrons. The molecule has 0 unspecified atom stereocenters. The predicted octanol–water partition coefficient (Wildman–Crippen LogP) is -6.13. The predicted molar refractivity (Wildman–Crippen MR) is 18.6 cm³/mol. The van der Waals surface area contributed by atoms with Crippen LogP contribution in [0.5, 0.6) is 0 Å². The zero-order valence-corrected chi connectivity index (χ0v) is 8.34. The molecule has 46 valence electrons. The van der Waals surface area contributed by atoms with Crippen molar-refractivity contribution in [3.05, 3.63) is 0 Å². The quantitative estimate of drug-likeness (QED) is 0.250. The summed E-state index contributed by atoms with van der Waals surface area (Å²) in [5.41, 5.74) is 0. The molecule has 1 aliphatic heterocycles. The summed E-state index contributed by atoms with van der Waals surface area (Å²) in [6.07, 6.45) is 0. The number of nitrogens with zero attached hydrogens (tertiary/aromatic N) is 1. The summed E-state index contributed by atoms with van der Waals surface area (Å²) in [7, 11) is 2.21. The first-order chi connectivity index (χ1) is 3.39. The Labute approximate surface area is 64.8 Å². The van der Waals surface area contributed by atoms with Gasteiger partial charge in [0.25, 0.3) is 0 Å². The van der Waals surface area contributed by atoms with E-state index in [-0.39, 0.29) is 0 Å². The van der Waals surface area contributed by atoms with Crippen molar-refractivity contribution in [2.45, 2.75) is 0 Å². The standard InChI is InChI=1S/C3H7I2NO/c1-6-4-2-7-3-5-6/h2-3H2,1H3/q-2. The molecule has 0 N–H and O–H groups in total. The Bertz CT molecular complexity index is 54.9. The SMILES string of the molecule is CN1[I-]COC[I-]1. The van der Waals surface area contributed by atoms with E-state index in [1.54, 1.807) is 0 Å². The fraction of sp³-hybridized carbons (Fsp3) is 1.00. The van der Waals surface area contributed by atoms with Gasteiger partial charge in [-0.05, 0) is 0 Å². The third-order valence-corrected chi connectivity index (χ3v) is 7.36. The minimum atomic E-state index is 0.312. The summed E-state index contributed by atoms with van der Waals surface area (Å²) in [5.74, 6) is 0. The van der Waals surface area contributed by atoms with Crippen molar-refractivity contribution >= 4 is 0 Å². The van der Waals surface area contributed by atoms with Crippen LogP contribution in [0.1, 0.15) is 0 Å². The summed E-state index contributed by atoms with van der Waals surface area (Å²) in [5, 5.41) is 0. The fourth-order valence-electron chi connectivity index (χ4n) is 0.265. The van der Waals surface area contributed by atoms with Crippen molar-refractivity contribution in [1.29, 1.82) is 0 Å². The van der Waals surface area contributed by atoms with E-state index in [0.717, 1.165) is 9.23 Å². The van der Waals surface area contributed by atoms with Gasteiger partial charge in [-0.3, -0.25) is 0 Å². The van der Waals surface area contributed by atoms with Crippen LogP contribution in [0.2, 0.25) is 0 Å². The Morgan fingerprint density at radius 2 is 2.00 bits per heavy atom. The second-order valence-corrected chi connectivity index (χ2v) is 8.41. The maximum absolute atomic E-state index is 5.20. The Morgan fingerprint density at radius 1 is 1.43 bits per heavy atom. The van der Waals surface area contributed by atoms with Crippen LogP contribution in [0.25, 0.3) is 0 Å². The summed E-state index contributed by atoms with van der Waals surface area (Å²) < 4.78 is 9.78. The van der Waals surface area contributed by atoms with Crippen LogP contribution in [0.15, 0.2) is 0 Å². The molecule has 0 aromatic carbocycles. The maximum atomic E-state index is 5.20. The van der Waals surface area contributed by atoms with E-state index < -0.39 is 0 Å². The third-order valence-electron chi connectivity index (χ3n) is 0.581. The second kappa shape index (κ2) is 3.41. The van der Waals surface area contributed by atoms with E-state index in [2.05, 4.69) is 8.37 Å². The van der Waals surface area contributed by atoms with Crippen LogP contribution in [-0.2, 0) is 4.74 Å². The van der Waals surface area contributed by atoms with Gasteiger partial charge >= 0.3 is 65.3 Å². The van der Waals surface area contributed by atoms with Gasteiger partial charge in [0.05, 0.1) is 0 Å². The Kier molecular flexibility index (Phi) is 3.17. The second-order valence-electron chi connectivity index (χ2n) is 1.06. The van der Waals surface area contributed by atoms with Gasteiger partial charge in [-0.2, -0.15) is 0 Å². The molecule has 1 fully saturated rings. The zero-order chi connectivity index (χ0) is 5.11. The van der Waals surface area contributed by atoms with Gasteiger partial charge in [-0.25, -0.2) is 0 Å². The summed E-state index contributed by atoms with van der Waals surface area (Å²) >= 11 is 0.624. The van der Waals surface area contributed by atoms with E-state index in [0.29, 0.717) is 43.0 Å². The summed E-state index contributed by atoms with van der Waals surface area (Å²) in [6.45, 7) is 0. The van der Waals surface area contributed by atoms with Crippen molar-refractivity contribution in [1.82, 2.24) is 1.33 Å². The van der Waals surface area contributed by atoms with Crippen LogP contribution >= 0.6 is 0 Å².